The molecular formula is C14H32NO5P. The van der Waals surface area contributed by atoms with Crippen LogP contribution in [0.15, 0.2) is 0 Å². The third kappa shape index (κ3) is 8.91. The molecule has 7 heteroatoms. The lowest BCUT2D eigenvalue weighted by molar-refractivity contribution is -0.0916. The summed E-state index contributed by atoms with van der Waals surface area (Å²) in [4.78, 5) is 24.1. The maximum atomic E-state index is 8.88. The molecule has 0 saturated carbocycles. The highest BCUT2D eigenvalue weighted by Gasteiger charge is 2.43. The molecule has 1 heterocycles. The molecular weight excluding hydrogens is 293 g/mol. The van der Waals surface area contributed by atoms with E-state index in [0.717, 1.165) is 19.4 Å². The van der Waals surface area contributed by atoms with Gasteiger partial charge in [0.05, 0.1) is 6.10 Å². The van der Waals surface area contributed by atoms with Gasteiger partial charge in [-0.3, -0.25) is 4.90 Å². The van der Waals surface area contributed by atoms with Crippen molar-refractivity contribution < 1.29 is 24.0 Å². The smallest absolute Gasteiger partial charge is 0.378 e. The van der Waals surface area contributed by atoms with Gasteiger partial charge in [-0.15, -0.1) is 0 Å². The lowest BCUT2D eigenvalue weighted by Gasteiger charge is -2.53. The first kappa shape index (κ1) is 21.0. The summed E-state index contributed by atoms with van der Waals surface area (Å²) in [6.07, 6.45) is 5.15. The quantitative estimate of drug-likeness (QED) is 0.543. The van der Waals surface area contributed by atoms with E-state index in [4.69, 9.17) is 24.0 Å². The van der Waals surface area contributed by atoms with Crippen molar-refractivity contribution in [3.05, 3.63) is 0 Å². The monoisotopic (exact) mass is 325 g/mol. The van der Waals surface area contributed by atoms with Crippen molar-refractivity contribution in [2.24, 2.45) is 0 Å². The van der Waals surface area contributed by atoms with Gasteiger partial charge >= 0.3 is 7.82 Å². The zero-order chi connectivity index (χ0) is 16.9. The zero-order valence-electron chi connectivity index (χ0n) is 14.2. The number of hydrogen-bond acceptors (Lipinski definition) is 3. The van der Waals surface area contributed by atoms with Crippen LogP contribution in [0.4, 0.5) is 0 Å². The average molecular weight is 325 g/mol. The Balaban J connectivity index is 0.000000690. The van der Waals surface area contributed by atoms with Crippen LogP contribution in [0.2, 0.25) is 0 Å². The van der Waals surface area contributed by atoms with Crippen molar-refractivity contribution in [1.29, 1.82) is 0 Å². The first-order valence-corrected chi connectivity index (χ1v) is 9.00. The second kappa shape index (κ2) is 8.04. The minimum atomic E-state index is -4.64. The van der Waals surface area contributed by atoms with Gasteiger partial charge in [-0.2, -0.15) is 0 Å². The number of unbranched alkanes of at least 4 members (excludes halogenated alkanes) is 1. The SMILES string of the molecule is CCCCOC1CC(C)(C)N(C)C(C)(C)C1.O=P(O)(O)O. The fourth-order valence-electron chi connectivity index (χ4n) is 2.79. The van der Waals surface area contributed by atoms with Crippen LogP contribution < -0.4 is 0 Å². The van der Waals surface area contributed by atoms with Gasteiger partial charge in [-0.05, 0) is 54.0 Å². The van der Waals surface area contributed by atoms with E-state index in [1.165, 1.54) is 12.8 Å². The van der Waals surface area contributed by atoms with Gasteiger partial charge in [0.2, 0.25) is 0 Å². The van der Waals surface area contributed by atoms with Crippen LogP contribution in [0.25, 0.3) is 0 Å². The molecule has 1 aliphatic heterocycles. The molecule has 0 aromatic rings. The van der Waals surface area contributed by atoms with Crippen LogP contribution in [0.1, 0.15) is 60.3 Å². The summed E-state index contributed by atoms with van der Waals surface area (Å²) in [5.74, 6) is 0. The summed E-state index contributed by atoms with van der Waals surface area (Å²) >= 11 is 0. The van der Waals surface area contributed by atoms with Crippen molar-refractivity contribution in [2.45, 2.75) is 77.5 Å². The van der Waals surface area contributed by atoms with E-state index in [0.29, 0.717) is 6.10 Å². The Morgan fingerprint density at radius 3 is 1.86 bits per heavy atom. The molecule has 0 amide bonds. The highest BCUT2D eigenvalue weighted by Crippen LogP contribution is 2.38. The Hall–Kier alpha value is 0.0300. The van der Waals surface area contributed by atoms with E-state index in [1.807, 2.05) is 0 Å². The largest absolute Gasteiger partial charge is 0.466 e. The Morgan fingerprint density at radius 1 is 1.14 bits per heavy atom. The van der Waals surface area contributed by atoms with Gasteiger partial charge in [-0.25, -0.2) is 4.57 Å². The maximum absolute atomic E-state index is 8.88. The number of phosphoric acid groups is 1. The molecule has 0 aliphatic carbocycles. The van der Waals surface area contributed by atoms with Gasteiger partial charge < -0.3 is 19.4 Å². The minimum Gasteiger partial charge on any atom is -0.378 e. The van der Waals surface area contributed by atoms with Crippen molar-refractivity contribution in [2.75, 3.05) is 13.7 Å². The third-order valence-electron chi connectivity index (χ3n) is 4.12. The van der Waals surface area contributed by atoms with Gasteiger partial charge in [0.25, 0.3) is 0 Å². The number of nitrogens with zero attached hydrogens (tertiary/aromatic N) is 1. The molecule has 0 atom stereocenters. The molecule has 1 saturated heterocycles. The second-order valence-corrected chi connectivity index (χ2v) is 7.98. The van der Waals surface area contributed by atoms with E-state index in [2.05, 4.69) is 46.6 Å². The zero-order valence-corrected chi connectivity index (χ0v) is 15.1. The average Bonchev–Trinajstić information content (AvgIpc) is 2.23. The van der Waals surface area contributed by atoms with Crippen molar-refractivity contribution in [1.82, 2.24) is 4.90 Å². The standard InChI is InChI=1S/C14H29NO.H3O4P/c1-7-8-9-16-12-10-13(2,3)15(6)14(4,5)11-12;1-5(2,3)4/h12H,7-11H2,1-6H3;(H3,1,2,3,4). The molecule has 0 aromatic carbocycles. The molecule has 1 rings (SSSR count). The molecule has 6 nitrogen and oxygen atoms in total. The number of piperidine rings is 1. The molecule has 0 bridgehead atoms. The van der Waals surface area contributed by atoms with Crippen LogP contribution in [0.5, 0.6) is 0 Å². The molecule has 128 valence electrons. The van der Waals surface area contributed by atoms with E-state index < -0.39 is 7.82 Å². The fraction of sp³-hybridized carbons (Fsp3) is 1.00. The topological polar surface area (TPSA) is 90.2 Å². The highest BCUT2D eigenvalue weighted by atomic mass is 31.2. The second-order valence-electron chi connectivity index (χ2n) is 6.95. The summed E-state index contributed by atoms with van der Waals surface area (Å²) in [7, 11) is -2.40. The van der Waals surface area contributed by atoms with Crippen LogP contribution in [0.3, 0.4) is 0 Å². The first-order chi connectivity index (χ1) is 9.29. The molecule has 3 N–H and O–H groups in total. The van der Waals surface area contributed by atoms with E-state index in [1.54, 1.807) is 0 Å². The van der Waals surface area contributed by atoms with E-state index >= 15 is 0 Å². The van der Waals surface area contributed by atoms with Crippen LogP contribution in [0, 0.1) is 0 Å². The van der Waals surface area contributed by atoms with Gasteiger partial charge in [0.15, 0.2) is 0 Å². The van der Waals surface area contributed by atoms with Crippen LogP contribution in [-0.2, 0) is 9.30 Å². The molecule has 0 aromatic heterocycles. The third-order valence-corrected chi connectivity index (χ3v) is 4.12. The lowest BCUT2D eigenvalue weighted by Crippen LogP contribution is -2.60. The fourth-order valence-corrected chi connectivity index (χ4v) is 2.79. The maximum Gasteiger partial charge on any atom is 0.466 e. The Morgan fingerprint density at radius 2 is 1.52 bits per heavy atom. The highest BCUT2D eigenvalue weighted by molar-refractivity contribution is 7.45. The summed E-state index contributed by atoms with van der Waals surface area (Å²) in [5.41, 5.74) is 0.497. The van der Waals surface area contributed by atoms with Crippen LogP contribution >= 0.6 is 7.82 Å². The van der Waals surface area contributed by atoms with E-state index in [-0.39, 0.29) is 11.1 Å². The lowest BCUT2D eigenvalue weighted by atomic mass is 9.79. The van der Waals surface area contributed by atoms with E-state index in [9.17, 15) is 0 Å². The predicted molar refractivity (Wildman–Crippen MR) is 84.1 cm³/mol. The van der Waals surface area contributed by atoms with Gasteiger partial charge in [-0.1, -0.05) is 13.3 Å². The summed E-state index contributed by atoms with van der Waals surface area (Å²) in [6.45, 7) is 12.4. The first-order valence-electron chi connectivity index (χ1n) is 7.43. The van der Waals surface area contributed by atoms with Gasteiger partial charge in [0, 0.05) is 17.7 Å². The molecule has 0 spiro atoms. The van der Waals surface area contributed by atoms with Crippen molar-refractivity contribution in [3.63, 3.8) is 0 Å². The van der Waals surface area contributed by atoms with Crippen molar-refractivity contribution >= 4 is 7.82 Å². The Kier molecular flexibility index (Phi) is 8.06. The molecule has 0 unspecified atom stereocenters. The Labute approximate surface area is 128 Å². The minimum absolute atomic E-state index is 0.249. The number of ether oxygens (including phenoxy) is 1. The molecule has 21 heavy (non-hydrogen) atoms. The Bertz CT molecular complexity index is 327. The number of likely N-dealkylation sites (tertiary alicyclic amines) is 1. The van der Waals surface area contributed by atoms with Gasteiger partial charge in [0.1, 0.15) is 0 Å². The summed E-state index contributed by atoms with van der Waals surface area (Å²) in [5, 5.41) is 0. The number of hydrogen-bond donors (Lipinski definition) is 3. The predicted octanol–water partition coefficient (Wildman–Crippen LogP) is 2.53. The molecule has 1 aliphatic rings. The van der Waals surface area contributed by atoms with Crippen molar-refractivity contribution in [3.8, 4) is 0 Å². The summed E-state index contributed by atoms with van der Waals surface area (Å²) < 4.78 is 14.9. The molecule has 1 fully saturated rings. The number of rotatable bonds is 4. The summed E-state index contributed by atoms with van der Waals surface area (Å²) in [6, 6.07) is 0. The normalized spacial score (nSPS) is 22.5. The molecule has 0 radical (unpaired) electrons. The van der Waals surface area contributed by atoms with Crippen LogP contribution in [-0.4, -0.2) is 50.4 Å².